The summed E-state index contributed by atoms with van der Waals surface area (Å²) in [4.78, 5) is 12.8. The summed E-state index contributed by atoms with van der Waals surface area (Å²) in [7, 11) is 0. The smallest absolute Gasteiger partial charge is 0.251 e. The average molecular weight is 465 g/mol. The number of rotatable bonds is 5. The molecule has 5 heteroatoms. The van der Waals surface area contributed by atoms with Crippen LogP contribution < -0.4 is 14.8 Å². The van der Waals surface area contributed by atoms with Crippen molar-refractivity contribution in [3.8, 4) is 28.4 Å². The number of ether oxygens (including phenoxy) is 2. The standard InChI is InChI=1S/C30H28N2O3/c1-20-7-13-26-24(15-20)17-27(22-5-3-2-4-6-22)32(26)25-11-9-23(10-12-25)30(33)31-18-21-8-14-28-29(16-21)35-19-34-28/h2-6,8-12,14,16-17,20H,7,13,15,18-19H2,1H3,(H,31,33)/t20-/m1/s1. The molecule has 6 rings (SSSR count). The van der Waals surface area contributed by atoms with Crippen molar-refractivity contribution in [2.24, 2.45) is 5.92 Å². The van der Waals surface area contributed by atoms with Crippen LogP contribution in [0.4, 0.5) is 0 Å². The third-order valence-corrected chi connectivity index (χ3v) is 6.98. The number of hydrogen-bond acceptors (Lipinski definition) is 3. The summed E-state index contributed by atoms with van der Waals surface area (Å²) in [6.45, 7) is 3.01. The quantitative estimate of drug-likeness (QED) is 0.398. The highest BCUT2D eigenvalue weighted by atomic mass is 16.7. The van der Waals surface area contributed by atoms with Gasteiger partial charge in [-0.15, -0.1) is 0 Å². The average Bonchev–Trinajstić information content (AvgIpc) is 3.52. The highest BCUT2D eigenvalue weighted by molar-refractivity contribution is 5.94. The van der Waals surface area contributed by atoms with Crippen LogP contribution in [0.2, 0.25) is 0 Å². The molecule has 1 aliphatic carbocycles. The largest absolute Gasteiger partial charge is 0.454 e. The Morgan fingerprint density at radius 2 is 1.77 bits per heavy atom. The topological polar surface area (TPSA) is 52.5 Å². The van der Waals surface area contributed by atoms with Crippen molar-refractivity contribution in [3.05, 3.63) is 101 Å². The lowest BCUT2D eigenvalue weighted by Gasteiger charge is -2.21. The number of benzene rings is 3. The molecule has 0 saturated carbocycles. The third-order valence-electron chi connectivity index (χ3n) is 6.98. The summed E-state index contributed by atoms with van der Waals surface area (Å²) < 4.78 is 13.2. The monoisotopic (exact) mass is 464 g/mol. The molecule has 5 nitrogen and oxygen atoms in total. The minimum atomic E-state index is -0.0964. The van der Waals surface area contributed by atoms with E-state index in [0.717, 1.165) is 35.6 Å². The van der Waals surface area contributed by atoms with Gasteiger partial charge in [0.15, 0.2) is 11.5 Å². The summed E-state index contributed by atoms with van der Waals surface area (Å²) >= 11 is 0. The van der Waals surface area contributed by atoms with Crippen molar-refractivity contribution in [1.29, 1.82) is 0 Å². The van der Waals surface area contributed by atoms with Gasteiger partial charge in [-0.05, 0) is 84.3 Å². The number of nitrogens with one attached hydrogen (secondary N) is 1. The fourth-order valence-corrected chi connectivity index (χ4v) is 5.13. The van der Waals surface area contributed by atoms with E-state index in [0.29, 0.717) is 18.0 Å². The lowest BCUT2D eigenvalue weighted by molar-refractivity contribution is 0.0951. The number of amides is 1. The zero-order valence-electron chi connectivity index (χ0n) is 19.8. The second-order valence-electron chi connectivity index (χ2n) is 9.47. The number of hydrogen-bond donors (Lipinski definition) is 1. The zero-order valence-corrected chi connectivity index (χ0v) is 19.8. The summed E-state index contributed by atoms with van der Waals surface area (Å²) in [6.07, 6.45) is 3.38. The molecule has 0 radical (unpaired) electrons. The van der Waals surface area contributed by atoms with E-state index >= 15 is 0 Å². The van der Waals surface area contributed by atoms with Crippen molar-refractivity contribution in [3.63, 3.8) is 0 Å². The normalized spacial score (nSPS) is 16.1. The van der Waals surface area contributed by atoms with E-state index < -0.39 is 0 Å². The summed E-state index contributed by atoms with van der Waals surface area (Å²) in [5, 5.41) is 3.01. The van der Waals surface area contributed by atoms with Gasteiger partial charge in [-0.1, -0.05) is 43.3 Å². The predicted molar refractivity (Wildman–Crippen MR) is 136 cm³/mol. The predicted octanol–water partition coefficient (Wildman–Crippen LogP) is 5.93. The minimum absolute atomic E-state index is 0.0964. The molecule has 4 aromatic rings. The molecule has 0 bridgehead atoms. The van der Waals surface area contributed by atoms with E-state index in [4.69, 9.17) is 9.47 Å². The van der Waals surface area contributed by atoms with Gasteiger partial charge >= 0.3 is 0 Å². The molecule has 2 heterocycles. The van der Waals surface area contributed by atoms with Crippen molar-refractivity contribution in [2.45, 2.75) is 32.7 Å². The Labute approximate surface area is 205 Å². The first kappa shape index (κ1) is 21.5. The number of fused-ring (bicyclic) bond motifs is 2. The van der Waals surface area contributed by atoms with Gasteiger partial charge in [-0.2, -0.15) is 0 Å². The highest BCUT2D eigenvalue weighted by Gasteiger charge is 2.23. The Bertz CT molecular complexity index is 1370. The lowest BCUT2D eigenvalue weighted by Crippen LogP contribution is -2.22. The van der Waals surface area contributed by atoms with Crippen LogP contribution in [0, 0.1) is 5.92 Å². The summed E-state index contributed by atoms with van der Waals surface area (Å²) in [5.74, 6) is 2.07. The van der Waals surface area contributed by atoms with E-state index in [2.05, 4.69) is 65.3 Å². The molecule has 1 aliphatic heterocycles. The van der Waals surface area contributed by atoms with E-state index in [9.17, 15) is 4.79 Å². The van der Waals surface area contributed by atoms with Gasteiger partial charge in [0.05, 0.1) is 5.69 Å². The van der Waals surface area contributed by atoms with Crippen LogP contribution in [-0.4, -0.2) is 17.3 Å². The fourth-order valence-electron chi connectivity index (χ4n) is 5.13. The third kappa shape index (κ3) is 4.18. The van der Waals surface area contributed by atoms with Gasteiger partial charge < -0.3 is 19.4 Å². The van der Waals surface area contributed by atoms with Crippen LogP contribution in [0.1, 0.15) is 40.5 Å². The highest BCUT2D eigenvalue weighted by Crippen LogP contribution is 2.35. The van der Waals surface area contributed by atoms with Crippen LogP contribution >= 0.6 is 0 Å². The molecule has 1 atom stereocenters. The second-order valence-corrected chi connectivity index (χ2v) is 9.47. The number of carbonyl (C=O) groups excluding carboxylic acids is 1. The Morgan fingerprint density at radius 3 is 2.60 bits per heavy atom. The number of carbonyl (C=O) groups is 1. The molecule has 176 valence electrons. The van der Waals surface area contributed by atoms with Crippen molar-refractivity contribution >= 4 is 5.91 Å². The molecular formula is C30H28N2O3. The van der Waals surface area contributed by atoms with Gasteiger partial charge in [0.1, 0.15) is 0 Å². The first-order valence-electron chi connectivity index (χ1n) is 12.2. The minimum Gasteiger partial charge on any atom is -0.454 e. The Kier molecular flexibility index (Phi) is 5.53. The van der Waals surface area contributed by atoms with Crippen LogP contribution in [0.5, 0.6) is 11.5 Å². The van der Waals surface area contributed by atoms with E-state index in [1.54, 1.807) is 0 Å². The Hall–Kier alpha value is -3.99. The van der Waals surface area contributed by atoms with Gasteiger partial charge in [0.25, 0.3) is 5.91 Å². The molecule has 3 aromatic carbocycles. The molecule has 0 fully saturated rings. The maximum absolute atomic E-state index is 12.8. The van der Waals surface area contributed by atoms with E-state index in [-0.39, 0.29) is 12.7 Å². The SMILES string of the molecule is C[C@@H]1CCc2c(cc(-c3ccccc3)n2-c2ccc(C(=O)NCc3ccc4c(c3)OCO4)cc2)C1. The second kappa shape index (κ2) is 8.99. The maximum Gasteiger partial charge on any atom is 0.251 e. The van der Waals surface area contributed by atoms with Gasteiger partial charge in [0, 0.05) is 23.5 Å². The van der Waals surface area contributed by atoms with Crippen molar-refractivity contribution in [2.75, 3.05) is 6.79 Å². The first-order chi connectivity index (χ1) is 17.2. The van der Waals surface area contributed by atoms with Crippen LogP contribution in [0.25, 0.3) is 16.9 Å². The first-order valence-corrected chi connectivity index (χ1v) is 12.2. The Balaban J connectivity index is 1.24. The van der Waals surface area contributed by atoms with Gasteiger partial charge in [0.2, 0.25) is 6.79 Å². The molecule has 35 heavy (non-hydrogen) atoms. The van der Waals surface area contributed by atoms with Crippen LogP contribution in [-0.2, 0) is 19.4 Å². The molecule has 0 saturated heterocycles. The summed E-state index contributed by atoms with van der Waals surface area (Å²) in [5.41, 5.74) is 7.96. The zero-order chi connectivity index (χ0) is 23.8. The molecule has 1 aromatic heterocycles. The van der Waals surface area contributed by atoms with Crippen molar-refractivity contribution < 1.29 is 14.3 Å². The van der Waals surface area contributed by atoms with Gasteiger partial charge in [-0.25, -0.2) is 0 Å². The Morgan fingerprint density at radius 1 is 0.971 bits per heavy atom. The van der Waals surface area contributed by atoms with Crippen molar-refractivity contribution in [1.82, 2.24) is 9.88 Å². The molecular weight excluding hydrogens is 436 g/mol. The van der Waals surface area contributed by atoms with Crippen LogP contribution in [0.15, 0.2) is 78.9 Å². The number of aromatic nitrogens is 1. The maximum atomic E-state index is 12.8. The van der Waals surface area contributed by atoms with E-state index in [1.165, 1.54) is 28.9 Å². The number of nitrogens with zero attached hydrogens (tertiary/aromatic N) is 1. The fraction of sp³-hybridized carbons (Fsp3) is 0.233. The molecule has 1 N–H and O–H groups in total. The van der Waals surface area contributed by atoms with Crippen LogP contribution in [0.3, 0.4) is 0 Å². The lowest BCUT2D eigenvalue weighted by atomic mass is 9.89. The molecule has 0 unspecified atom stereocenters. The molecule has 0 spiro atoms. The van der Waals surface area contributed by atoms with Gasteiger partial charge in [-0.3, -0.25) is 4.79 Å². The molecule has 1 amide bonds. The van der Waals surface area contributed by atoms with E-state index in [1.807, 2.05) is 30.3 Å². The molecule has 2 aliphatic rings. The summed E-state index contributed by atoms with van der Waals surface area (Å²) in [6, 6.07) is 26.6.